The molecular formula is C16H22N2O2. The second kappa shape index (κ2) is 6.55. The van der Waals surface area contributed by atoms with Gasteiger partial charge in [0.1, 0.15) is 0 Å². The fraction of sp³-hybridized carbons (Fsp3) is 0.500. The molecule has 4 heteroatoms. The van der Waals surface area contributed by atoms with Gasteiger partial charge in [-0.15, -0.1) is 0 Å². The lowest BCUT2D eigenvalue weighted by atomic mass is 10.1. The molecule has 2 rings (SSSR count). The van der Waals surface area contributed by atoms with Crippen molar-refractivity contribution in [3.63, 3.8) is 0 Å². The Balaban J connectivity index is 2.20. The number of amides is 1. The van der Waals surface area contributed by atoms with Gasteiger partial charge in [0, 0.05) is 18.7 Å². The molecule has 0 spiro atoms. The van der Waals surface area contributed by atoms with Gasteiger partial charge in [0.2, 0.25) is 0 Å². The van der Waals surface area contributed by atoms with Crippen molar-refractivity contribution in [2.75, 3.05) is 13.1 Å². The monoisotopic (exact) mass is 274 g/mol. The summed E-state index contributed by atoms with van der Waals surface area (Å²) in [6, 6.07) is 7.94. The minimum Gasteiger partial charge on any atom is -0.462 e. The third kappa shape index (κ3) is 3.83. The smallest absolute Gasteiger partial charge is 0.295 e. The van der Waals surface area contributed by atoms with E-state index in [0.29, 0.717) is 11.6 Å². The highest BCUT2D eigenvalue weighted by Gasteiger charge is 2.20. The van der Waals surface area contributed by atoms with Crippen LogP contribution in [-0.4, -0.2) is 36.0 Å². The van der Waals surface area contributed by atoms with Gasteiger partial charge in [-0.25, -0.2) is 0 Å². The number of hydrogen-bond donors (Lipinski definition) is 0. The quantitative estimate of drug-likeness (QED) is 0.615. The largest absolute Gasteiger partial charge is 0.462 e. The Labute approximate surface area is 120 Å². The molecule has 0 N–H and O–H groups in total. The van der Waals surface area contributed by atoms with Gasteiger partial charge in [-0.2, -0.15) is 4.99 Å². The minimum absolute atomic E-state index is 0.0136. The summed E-state index contributed by atoms with van der Waals surface area (Å²) in [4.78, 5) is 18.5. The first kappa shape index (κ1) is 14.6. The minimum atomic E-state index is -0.240. The summed E-state index contributed by atoms with van der Waals surface area (Å²) >= 11 is 0. The van der Waals surface area contributed by atoms with E-state index < -0.39 is 0 Å². The Hall–Kier alpha value is -1.84. The zero-order valence-electron chi connectivity index (χ0n) is 12.4. The number of ether oxygens (including phenoxy) is 1. The molecule has 0 aliphatic carbocycles. The maximum Gasteiger partial charge on any atom is 0.295 e. The average Bonchev–Trinajstić information content (AvgIpc) is 2.91. The third-order valence-corrected chi connectivity index (χ3v) is 3.18. The molecule has 1 saturated heterocycles. The molecule has 0 radical (unpaired) electrons. The Bertz CT molecular complexity index is 503. The maximum absolute atomic E-state index is 12.3. The van der Waals surface area contributed by atoms with Crippen LogP contribution in [0.5, 0.6) is 0 Å². The van der Waals surface area contributed by atoms with Crippen LogP contribution in [0, 0.1) is 6.92 Å². The van der Waals surface area contributed by atoms with Crippen molar-refractivity contribution >= 4 is 11.9 Å². The van der Waals surface area contributed by atoms with E-state index in [2.05, 4.69) is 4.99 Å². The summed E-state index contributed by atoms with van der Waals surface area (Å²) in [6.45, 7) is 7.68. The van der Waals surface area contributed by atoms with Gasteiger partial charge in [-0.3, -0.25) is 4.79 Å². The summed E-state index contributed by atoms with van der Waals surface area (Å²) < 4.78 is 5.71. The molecule has 1 amide bonds. The van der Waals surface area contributed by atoms with Crippen molar-refractivity contribution in [3.05, 3.63) is 35.4 Å². The highest BCUT2D eigenvalue weighted by molar-refractivity contribution is 6.01. The number of carbonyl (C=O) groups is 1. The number of nitrogens with zero attached hydrogens (tertiary/aromatic N) is 2. The average molecular weight is 274 g/mol. The van der Waals surface area contributed by atoms with Crippen LogP contribution in [-0.2, 0) is 4.74 Å². The predicted octanol–water partition coefficient (Wildman–Crippen LogP) is 3.01. The molecule has 1 aliphatic rings. The van der Waals surface area contributed by atoms with E-state index in [1.807, 2.05) is 43.9 Å². The van der Waals surface area contributed by atoms with E-state index in [1.165, 1.54) is 0 Å². The summed E-state index contributed by atoms with van der Waals surface area (Å²) in [5.41, 5.74) is 1.66. The second-order valence-electron chi connectivity index (χ2n) is 5.43. The molecule has 0 saturated carbocycles. The molecule has 0 bridgehead atoms. The molecule has 20 heavy (non-hydrogen) atoms. The van der Waals surface area contributed by atoms with Crippen molar-refractivity contribution in [2.45, 2.75) is 39.7 Å². The molecule has 1 aromatic carbocycles. The molecule has 0 atom stereocenters. The van der Waals surface area contributed by atoms with Crippen molar-refractivity contribution in [1.29, 1.82) is 0 Å². The van der Waals surface area contributed by atoms with E-state index in [0.717, 1.165) is 31.5 Å². The summed E-state index contributed by atoms with van der Waals surface area (Å²) in [5.74, 6) is -0.240. The maximum atomic E-state index is 12.3. The SMILES string of the molecule is Cc1cccc(C(=O)N=C(OC(C)C)N2CCCC2)c1. The van der Waals surface area contributed by atoms with E-state index in [1.54, 1.807) is 6.07 Å². The number of benzene rings is 1. The van der Waals surface area contributed by atoms with Crippen LogP contribution in [0.25, 0.3) is 0 Å². The van der Waals surface area contributed by atoms with E-state index in [4.69, 9.17) is 4.74 Å². The summed E-state index contributed by atoms with van der Waals surface area (Å²) in [6.07, 6.45) is 2.26. The van der Waals surface area contributed by atoms with Crippen LogP contribution in [0.3, 0.4) is 0 Å². The molecule has 1 aromatic rings. The fourth-order valence-electron chi connectivity index (χ4n) is 2.22. The van der Waals surface area contributed by atoms with Crippen molar-refractivity contribution in [1.82, 2.24) is 4.90 Å². The third-order valence-electron chi connectivity index (χ3n) is 3.18. The Morgan fingerprint density at radius 3 is 2.60 bits per heavy atom. The molecule has 108 valence electrons. The Morgan fingerprint density at radius 1 is 1.30 bits per heavy atom. The van der Waals surface area contributed by atoms with Crippen molar-refractivity contribution < 1.29 is 9.53 Å². The van der Waals surface area contributed by atoms with Gasteiger partial charge in [0.15, 0.2) is 0 Å². The van der Waals surface area contributed by atoms with Crippen LogP contribution in [0.4, 0.5) is 0 Å². The lowest BCUT2D eigenvalue weighted by Gasteiger charge is -2.21. The zero-order valence-corrected chi connectivity index (χ0v) is 12.4. The lowest BCUT2D eigenvalue weighted by molar-refractivity contribution is 0.0990. The van der Waals surface area contributed by atoms with Crippen molar-refractivity contribution in [2.24, 2.45) is 4.99 Å². The predicted molar refractivity (Wildman–Crippen MR) is 80.0 cm³/mol. The number of carbonyl (C=O) groups excluding carboxylic acids is 1. The molecule has 1 fully saturated rings. The van der Waals surface area contributed by atoms with Crippen LogP contribution < -0.4 is 0 Å². The number of rotatable bonds is 2. The van der Waals surface area contributed by atoms with Gasteiger partial charge in [-0.05, 0) is 45.7 Å². The van der Waals surface area contributed by atoms with Crippen molar-refractivity contribution in [3.8, 4) is 0 Å². The number of aryl methyl sites for hydroxylation is 1. The Kier molecular flexibility index (Phi) is 4.77. The molecule has 1 aliphatic heterocycles. The number of likely N-dealkylation sites (tertiary alicyclic amines) is 1. The topological polar surface area (TPSA) is 41.9 Å². The first-order valence-electron chi connectivity index (χ1n) is 7.17. The van der Waals surface area contributed by atoms with E-state index in [-0.39, 0.29) is 12.0 Å². The molecular weight excluding hydrogens is 252 g/mol. The molecule has 1 heterocycles. The zero-order chi connectivity index (χ0) is 14.5. The van der Waals surface area contributed by atoms with Crippen LogP contribution in [0.2, 0.25) is 0 Å². The number of aliphatic imine (C=N–C) groups is 1. The van der Waals surface area contributed by atoms with Gasteiger partial charge in [0.25, 0.3) is 11.9 Å². The molecule has 4 nitrogen and oxygen atoms in total. The highest BCUT2D eigenvalue weighted by atomic mass is 16.5. The van der Waals surface area contributed by atoms with E-state index in [9.17, 15) is 4.79 Å². The van der Waals surface area contributed by atoms with E-state index >= 15 is 0 Å². The number of hydrogen-bond acceptors (Lipinski definition) is 2. The van der Waals surface area contributed by atoms with Crippen LogP contribution in [0.1, 0.15) is 42.6 Å². The fourth-order valence-corrected chi connectivity index (χ4v) is 2.22. The first-order valence-corrected chi connectivity index (χ1v) is 7.17. The van der Waals surface area contributed by atoms with Gasteiger partial charge >= 0.3 is 0 Å². The van der Waals surface area contributed by atoms with Crippen LogP contribution >= 0.6 is 0 Å². The van der Waals surface area contributed by atoms with Gasteiger partial charge in [0.05, 0.1) is 6.10 Å². The van der Waals surface area contributed by atoms with Crippen LogP contribution in [0.15, 0.2) is 29.3 Å². The van der Waals surface area contributed by atoms with Gasteiger partial charge in [-0.1, -0.05) is 17.7 Å². The summed E-state index contributed by atoms with van der Waals surface area (Å²) in [5, 5.41) is 0. The van der Waals surface area contributed by atoms with Gasteiger partial charge < -0.3 is 9.64 Å². The molecule has 0 aromatic heterocycles. The standard InChI is InChI=1S/C16H22N2O2/c1-12(2)20-16(18-9-4-5-10-18)17-15(19)14-8-6-7-13(3)11-14/h6-8,11-12H,4-5,9-10H2,1-3H3. The Morgan fingerprint density at radius 2 is 2.00 bits per heavy atom. The normalized spacial score (nSPS) is 15.8. The molecule has 0 unspecified atom stereocenters. The number of amidine groups is 1. The summed E-state index contributed by atoms with van der Waals surface area (Å²) in [7, 11) is 0. The highest BCUT2D eigenvalue weighted by Crippen LogP contribution is 2.12. The second-order valence-corrected chi connectivity index (χ2v) is 5.43. The first-order chi connectivity index (χ1) is 9.56. The lowest BCUT2D eigenvalue weighted by Crippen LogP contribution is -2.32.